The smallest absolute Gasteiger partial charge is 0.200 e. The maximum Gasteiger partial charge on any atom is 0.200 e. The molecule has 0 aromatic heterocycles. The third kappa shape index (κ3) is 1.42. The van der Waals surface area contributed by atoms with Crippen LogP contribution in [0.1, 0.15) is 0 Å². The van der Waals surface area contributed by atoms with Gasteiger partial charge in [0.25, 0.3) is 0 Å². The minimum atomic E-state index is -2.18. The molecule has 1 saturated heterocycles. The molecule has 0 aliphatic carbocycles. The summed E-state index contributed by atoms with van der Waals surface area (Å²) in [5, 5.41) is 8.91. The van der Waals surface area contributed by atoms with E-state index >= 15 is 0 Å². The van der Waals surface area contributed by atoms with Gasteiger partial charge in [-0.05, 0) is 0 Å². The summed E-state index contributed by atoms with van der Waals surface area (Å²) in [7, 11) is 0. The van der Waals surface area contributed by atoms with E-state index in [2.05, 4.69) is 0 Å². The summed E-state index contributed by atoms with van der Waals surface area (Å²) in [5.74, 6) is -9.88. The van der Waals surface area contributed by atoms with Crippen LogP contribution in [-0.4, -0.2) is 24.3 Å². The Bertz CT molecular complexity index is 415. The van der Waals surface area contributed by atoms with E-state index in [0.717, 1.165) is 4.90 Å². The molecule has 0 unspecified atom stereocenters. The summed E-state index contributed by atoms with van der Waals surface area (Å²) in [6.07, 6.45) is -0.810. The van der Waals surface area contributed by atoms with Gasteiger partial charge >= 0.3 is 0 Å². The van der Waals surface area contributed by atoms with Crippen molar-refractivity contribution in [2.24, 2.45) is 0 Å². The van der Waals surface area contributed by atoms with E-state index in [4.69, 9.17) is 5.11 Å². The number of rotatable bonds is 1. The van der Waals surface area contributed by atoms with Gasteiger partial charge in [0.15, 0.2) is 23.3 Å². The number of anilines is 1. The molecule has 88 valence electrons. The number of halogens is 5. The van der Waals surface area contributed by atoms with Gasteiger partial charge < -0.3 is 10.0 Å². The van der Waals surface area contributed by atoms with Gasteiger partial charge in [0, 0.05) is 13.1 Å². The average Bonchev–Trinajstić information content (AvgIpc) is 2.21. The molecular weight excluding hydrogens is 233 g/mol. The fraction of sp³-hybridized carbons (Fsp3) is 0.333. The van der Waals surface area contributed by atoms with E-state index in [0.29, 0.717) is 0 Å². The summed E-state index contributed by atoms with van der Waals surface area (Å²) < 4.78 is 64.5. The van der Waals surface area contributed by atoms with Crippen LogP contribution in [0.15, 0.2) is 0 Å². The van der Waals surface area contributed by atoms with Crippen molar-refractivity contribution in [1.29, 1.82) is 0 Å². The first-order valence-electron chi connectivity index (χ1n) is 4.38. The molecule has 1 heterocycles. The molecule has 1 aromatic carbocycles. The van der Waals surface area contributed by atoms with Crippen molar-refractivity contribution in [3.63, 3.8) is 0 Å². The Morgan fingerprint density at radius 1 is 0.812 bits per heavy atom. The standard InChI is InChI=1S/C9H6F5NO/c10-4-5(11)7(13)9(8(14)6(4)12)15-1-3(16)2-15/h3,16H,1-2H2. The predicted octanol–water partition coefficient (Wildman–Crippen LogP) is 1.56. The van der Waals surface area contributed by atoms with Gasteiger partial charge in [-0.2, -0.15) is 0 Å². The predicted molar refractivity (Wildman–Crippen MR) is 44.5 cm³/mol. The molecule has 1 N–H and O–H groups in total. The lowest BCUT2D eigenvalue weighted by Crippen LogP contribution is -2.51. The molecule has 2 nitrogen and oxygen atoms in total. The summed E-state index contributed by atoms with van der Waals surface area (Å²) in [4.78, 5) is 0.890. The van der Waals surface area contributed by atoms with Crippen LogP contribution in [0.2, 0.25) is 0 Å². The normalized spacial score (nSPS) is 16.5. The lowest BCUT2D eigenvalue weighted by atomic mass is 10.1. The van der Waals surface area contributed by atoms with E-state index in [1.54, 1.807) is 0 Å². The highest BCUT2D eigenvalue weighted by atomic mass is 19.2. The summed E-state index contributed by atoms with van der Waals surface area (Å²) in [6.45, 7) is -0.309. The first kappa shape index (κ1) is 11.1. The van der Waals surface area contributed by atoms with Crippen molar-refractivity contribution in [2.75, 3.05) is 18.0 Å². The molecule has 0 bridgehead atoms. The fourth-order valence-electron chi connectivity index (χ4n) is 1.51. The molecule has 1 fully saturated rings. The zero-order valence-corrected chi connectivity index (χ0v) is 7.78. The number of β-amino-alcohol motifs (C(OH)–C–C–N with tert-alkyl or cyclic N) is 1. The lowest BCUT2D eigenvalue weighted by Gasteiger charge is -2.38. The molecule has 0 radical (unpaired) electrons. The number of aliphatic hydroxyl groups is 1. The molecule has 1 aromatic rings. The highest BCUT2D eigenvalue weighted by Crippen LogP contribution is 2.32. The van der Waals surface area contributed by atoms with Gasteiger partial charge in [-0.15, -0.1) is 0 Å². The van der Waals surface area contributed by atoms with Crippen molar-refractivity contribution in [3.8, 4) is 0 Å². The van der Waals surface area contributed by atoms with Gasteiger partial charge in [-0.1, -0.05) is 0 Å². The molecule has 2 rings (SSSR count). The molecule has 1 aliphatic rings. The minimum absolute atomic E-state index is 0.154. The van der Waals surface area contributed by atoms with Crippen LogP contribution in [-0.2, 0) is 0 Å². The SMILES string of the molecule is OC1CN(c2c(F)c(F)c(F)c(F)c2F)C1. The van der Waals surface area contributed by atoms with E-state index in [1.165, 1.54) is 0 Å². The van der Waals surface area contributed by atoms with E-state index < -0.39 is 40.9 Å². The Labute approximate surface area is 86.9 Å². The summed E-state index contributed by atoms with van der Waals surface area (Å²) in [5.41, 5.74) is -0.985. The van der Waals surface area contributed by atoms with Crippen LogP contribution in [0.3, 0.4) is 0 Å². The largest absolute Gasteiger partial charge is 0.389 e. The monoisotopic (exact) mass is 239 g/mol. The number of nitrogens with zero attached hydrogens (tertiary/aromatic N) is 1. The Morgan fingerprint density at radius 2 is 1.19 bits per heavy atom. The average molecular weight is 239 g/mol. The maximum absolute atomic E-state index is 13.2. The molecule has 0 amide bonds. The van der Waals surface area contributed by atoms with Crippen molar-refractivity contribution in [1.82, 2.24) is 0 Å². The first-order valence-corrected chi connectivity index (χ1v) is 4.38. The maximum atomic E-state index is 13.2. The van der Waals surface area contributed by atoms with E-state index in [-0.39, 0.29) is 13.1 Å². The molecular formula is C9H6F5NO. The number of aliphatic hydroxyl groups excluding tert-OH is 1. The number of hydrogen-bond acceptors (Lipinski definition) is 2. The van der Waals surface area contributed by atoms with Crippen molar-refractivity contribution >= 4 is 5.69 Å². The van der Waals surface area contributed by atoms with Crippen LogP contribution in [0.25, 0.3) is 0 Å². The lowest BCUT2D eigenvalue weighted by molar-refractivity contribution is 0.140. The highest BCUT2D eigenvalue weighted by molar-refractivity contribution is 5.52. The van der Waals surface area contributed by atoms with Gasteiger partial charge in [0.1, 0.15) is 5.69 Å². The Kier molecular flexibility index (Phi) is 2.49. The highest BCUT2D eigenvalue weighted by Gasteiger charge is 2.34. The summed E-state index contributed by atoms with van der Waals surface area (Å²) in [6, 6.07) is 0. The Hall–Kier alpha value is -1.37. The van der Waals surface area contributed by atoms with Crippen LogP contribution >= 0.6 is 0 Å². The fourth-order valence-corrected chi connectivity index (χ4v) is 1.51. The topological polar surface area (TPSA) is 23.5 Å². The molecule has 7 heteroatoms. The molecule has 16 heavy (non-hydrogen) atoms. The third-order valence-corrected chi connectivity index (χ3v) is 2.37. The molecule has 0 saturated carbocycles. The van der Waals surface area contributed by atoms with Gasteiger partial charge in [0.2, 0.25) is 5.82 Å². The second kappa shape index (κ2) is 3.58. The van der Waals surface area contributed by atoms with Gasteiger partial charge in [0.05, 0.1) is 6.10 Å². The molecule has 1 aliphatic heterocycles. The zero-order valence-electron chi connectivity index (χ0n) is 7.78. The van der Waals surface area contributed by atoms with Crippen LogP contribution < -0.4 is 4.90 Å². The van der Waals surface area contributed by atoms with Crippen LogP contribution in [0.4, 0.5) is 27.6 Å². The Balaban J connectivity index is 2.53. The van der Waals surface area contributed by atoms with Crippen molar-refractivity contribution in [2.45, 2.75) is 6.10 Å². The quantitative estimate of drug-likeness (QED) is 0.456. The van der Waals surface area contributed by atoms with Gasteiger partial charge in [-0.25, -0.2) is 22.0 Å². The van der Waals surface area contributed by atoms with Crippen molar-refractivity contribution in [3.05, 3.63) is 29.1 Å². The zero-order chi connectivity index (χ0) is 12.0. The summed E-state index contributed by atoms with van der Waals surface area (Å²) >= 11 is 0. The molecule has 0 atom stereocenters. The number of benzene rings is 1. The number of hydrogen-bond donors (Lipinski definition) is 1. The third-order valence-electron chi connectivity index (χ3n) is 2.37. The van der Waals surface area contributed by atoms with Crippen molar-refractivity contribution < 1.29 is 27.1 Å². The van der Waals surface area contributed by atoms with Gasteiger partial charge in [-0.3, -0.25) is 0 Å². The first-order chi connectivity index (χ1) is 7.43. The second-order valence-electron chi connectivity index (χ2n) is 3.48. The van der Waals surface area contributed by atoms with Crippen LogP contribution in [0, 0.1) is 29.1 Å². The van der Waals surface area contributed by atoms with E-state index in [1.807, 2.05) is 0 Å². The van der Waals surface area contributed by atoms with Crippen LogP contribution in [0.5, 0.6) is 0 Å². The molecule has 0 spiro atoms. The second-order valence-corrected chi connectivity index (χ2v) is 3.48. The van der Waals surface area contributed by atoms with E-state index in [9.17, 15) is 22.0 Å². The minimum Gasteiger partial charge on any atom is -0.389 e. The Morgan fingerprint density at radius 3 is 1.56 bits per heavy atom.